The summed E-state index contributed by atoms with van der Waals surface area (Å²) in [5.41, 5.74) is 1.47. The second-order valence-corrected chi connectivity index (χ2v) is 7.82. The van der Waals surface area contributed by atoms with Crippen LogP contribution in [0.2, 0.25) is 0 Å². The number of benzene rings is 2. The molecule has 7 nitrogen and oxygen atoms in total. The Morgan fingerprint density at radius 2 is 1.90 bits per heavy atom. The van der Waals surface area contributed by atoms with Crippen molar-refractivity contribution < 1.29 is 24.2 Å². The fourth-order valence-electron chi connectivity index (χ4n) is 4.32. The first-order valence-corrected chi connectivity index (χ1v) is 10.2. The van der Waals surface area contributed by atoms with Gasteiger partial charge in [-0.15, -0.1) is 0 Å². The summed E-state index contributed by atoms with van der Waals surface area (Å²) >= 11 is 0. The van der Waals surface area contributed by atoms with Gasteiger partial charge in [-0.05, 0) is 61.7 Å². The van der Waals surface area contributed by atoms with E-state index in [1.807, 2.05) is 12.1 Å². The molecule has 1 amide bonds. The van der Waals surface area contributed by atoms with E-state index in [-0.39, 0.29) is 18.2 Å². The number of para-hydroxylation sites is 2. The third-order valence-corrected chi connectivity index (χ3v) is 5.96. The first-order valence-electron chi connectivity index (χ1n) is 10.2. The number of carboxylic acid groups (broad SMARTS) is 1. The predicted molar refractivity (Wildman–Crippen MR) is 112 cm³/mol. The molecule has 1 atom stereocenters. The van der Waals surface area contributed by atoms with Crippen LogP contribution in [0.5, 0.6) is 5.75 Å². The molecule has 1 N–H and O–H groups in total. The Morgan fingerprint density at radius 1 is 1.13 bits per heavy atom. The molecule has 7 heteroatoms. The van der Waals surface area contributed by atoms with Gasteiger partial charge in [-0.1, -0.05) is 24.3 Å². The van der Waals surface area contributed by atoms with Gasteiger partial charge in [0, 0.05) is 6.54 Å². The standard InChI is InChI=1S/C23H26N2O5/c1-29-20-8-3-2-7-19(20)25(14-16-5-4-6-18(13-16)22(26)27)23(28)30-21-15-24-11-9-17(21)10-12-24/h2-8,13,17,21H,9-12,14-15H2,1H3,(H,26,27)/t21-/m0/s1. The average molecular weight is 410 g/mol. The second-order valence-electron chi connectivity index (χ2n) is 7.82. The quantitative estimate of drug-likeness (QED) is 0.783. The van der Waals surface area contributed by atoms with Crippen LogP contribution in [-0.4, -0.2) is 54.9 Å². The lowest BCUT2D eigenvalue weighted by Gasteiger charge is -2.44. The molecule has 5 rings (SSSR count). The number of nitrogens with zero attached hydrogens (tertiary/aromatic N) is 2. The van der Waals surface area contributed by atoms with Crippen molar-refractivity contribution >= 4 is 17.7 Å². The number of carbonyl (C=O) groups is 2. The molecule has 0 aliphatic carbocycles. The van der Waals surface area contributed by atoms with E-state index in [1.165, 1.54) is 11.0 Å². The molecule has 2 aromatic rings. The smallest absolute Gasteiger partial charge is 0.415 e. The number of rotatable bonds is 6. The highest BCUT2D eigenvalue weighted by Gasteiger charge is 2.37. The van der Waals surface area contributed by atoms with Gasteiger partial charge in [0.15, 0.2) is 0 Å². The topological polar surface area (TPSA) is 79.3 Å². The van der Waals surface area contributed by atoms with Crippen molar-refractivity contribution in [3.8, 4) is 5.75 Å². The maximum Gasteiger partial charge on any atom is 0.415 e. The molecule has 0 saturated carbocycles. The van der Waals surface area contributed by atoms with Crippen LogP contribution in [-0.2, 0) is 11.3 Å². The van der Waals surface area contributed by atoms with Gasteiger partial charge in [-0.3, -0.25) is 9.80 Å². The summed E-state index contributed by atoms with van der Waals surface area (Å²) in [6.45, 7) is 3.08. The van der Waals surface area contributed by atoms with Crippen LogP contribution in [0.3, 0.4) is 0 Å². The van der Waals surface area contributed by atoms with Gasteiger partial charge >= 0.3 is 12.1 Å². The number of carbonyl (C=O) groups excluding carboxylic acids is 1. The summed E-state index contributed by atoms with van der Waals surface area (Å²) in [6, 6.07) is 13.9. The summed E-state index contributed by atoms with van der Waals surface area (Å²) < 4.78 is 11.4. The average Bonchev–Trinajstić information content (AvgIpc) is 2.78. The van der Waals surface area contributed by atoms with Gasteiger partial charge in [0.25, 0.3) is 0 Å². The fourth-order valence-corrected chi connectivity index (χ4v) is 4.32. The highest BCUT2D eigenvalue weighted by Crippen LogP contribution is 2.33. The van der Waals surface area contributed by atoms with Crippen molar-refractivity contribution in [1.82, 2.24) is 4.90 Å². The van der Waals surface area contributed by atoms with Crippen molar-refractivity contribution in [1.29, 1.82) is 0 Å². The van der Waals surface area contributed by atoms with Gasteiger partial charge in [0.1, 0.15) is 11.9 Å². The zero-order chi connectivity index (χ0) is 21.1. The molecule has 2 bridgehead atoms. The highest BCUT2D eigenvalue weighted by atomic mass is 16.6. The summed E-state index contributed by atoms with van der Waals surface area (Å²) in [4.78, 5) is 28.5. The summed E-state index contributed by atoms with van der Waals surface area (Å²) in [5.74, 6) is -0.0536. The molecule has 3 heterocycles. The Kier molecular flexibility index (Phi) is 5.90. The number of hydrogen-bond donors (Lipinski definition) is 1. The number of carboxylic acids is 1. The van der Waals surface area contributed by atoms with E-state index in [0.29, 0.717) is 22.9 Å². The molecule has 3 aliphatic rings. The monoisotopic (exact) mass is 410 g/mol. The Labute approximate surface area is 175 Å². The molecular weight excluding hydrogens is 384 g/mol. The zero-order valence-corrected chi connectivity index (χ0v) is 17.0. The lowest BCUT2D eigenvalue weighted by Crippen LogP contribution is -2.53. The highest BCUT2D eigenvalue weighted by molar-refractivity contribution is 5.90. The number of fused-ring (bicyclic) bond motifs is 3. The Bertz CT molecular complexity index is 923. The fraction of sp³-hybridized carbons (Fsp3) is 0.391. The Hall–Kier alpha value is -3.06. The molecule has 3 aliphatic heterocycles. The molecule has 3 fully saturated rings. The molecule has 30 heavy (non-hydrogen) atoms. The Morgan fingerprint density at radius 3 is 2.57 bits per heavy atom. The van der Waals surface area contributed by atoms with Gasteiger partial charge in [-0.25, -0.2) is 9.59 Å². The number of piperidine rings is 3. The van der Waals surface area contributed by atoms with E-state index in [9.17, 15) is 14.7 Å². The van der Waals surface area contributed by atoms with E-state index < -0.39 is 12.1 Å². The number of aromatic carboxylic acids is 1. The van der Waals surface area contributed by atoms with Gasteiger partial charge in [0.05, 0.1) is 24.9 Å². The summed E-state index contributed by atoms with van der Waals surface area (Å²) in [5, 5.41) is 9.30. The SMILES string of the molecule is COc1ccccc1N(Cc1cccc(C(=O)O)c1)C(=O)O[C@H]1CN2CCC1CC2. The van der Waals surface area contributed by atoms with E-state index in [0.717, 1.165) is 32.5 Å². The van der Waals surface area contributed by atoms with Crippen molar-refractivity contribution in [2.24, 2.45) is 5.92 Å². The molecule has 0 spiro atoms. The maximum absolute atomic E-state index is 13.3. The van der Waals surface area contributed by atoms with Crippen LogP contribution >= 0.6 is 0 Å². The molecule has 158 valence electrons. The van der Waals surface area contributed by atoms with Gasteiger partial charge in [-0.2, -0.15) is 0 Å². The molecule has 0 unspecified atom stereocenters. The number of anilines is 1. The van der Waals surface area contributed by atoms with Crippen LogP contribution in [0, 0.1) is 5.92 Å². The Balaban J connectivity index is 1.61. The minimum Gasteiger partial charge on any atom is -0.495 e. The summed E-state index contributed by atoms with van der Waals surface area (Å²) in [6.07, 6.45) is 1.53. The minimum atomic E-state index is -1.00. The number of amides is 1. The number of ether oxygens (including phenoxy) is 2. The van der Waals surface area contributed by atoms with Crippen LogP contribution in [0.25, 0.3) is 0 Å². The number of methoxy groups -OCH3 is 1. The largest absolute Gasteiger partial charge is 0.495 e. The normalized spacial score (nSPS) is 22.4. The van der Waals surface area contributed by atoms with Crippen molar-refractivity contribution in [2.45, 2.75) is 25.5 Å². The van der Waals surface area contributed by atoms with Crippen molar-refractivity contribution in [3.05, 3.63) is 59.7 Å². The molecular formula is C23H26N2O5. The van der Waals surface area contributed by atoms with Gasteiger partial charge in [0.2, 0.25) is 0 Å². The molecule has 3 saturated heterocycles. The van der Waals surface area contributed by atoms with Crippen LogP contribution in [0.15, 0.2) is 48.5 Å². The predicted octanol–water partition coefficient (Wildman–Crippen LogP) is 3.63. The summed E-state index contributed by atoms with van der Waals surface area (Å²) in [7, 11) is 1.56. The molecule has 0 radical (unpaired) electrons. The first kappa shape index (κ1) is 20.2. The van der Waals surface area contributed by atoms with Gasteiger partial charge < -0.3 is 14.6 Å². The molecule has 0 aromatic heterocycles. The zero-order valence-electron chi connectivity index (χ0n) is 17.0. The lowest BCUT2D eigenvalue weighted by molar-refractivity contribution is -0.0311. The second kappa shape index (κ2) is 8.75. The number of hydrogen-bond acceptors (Lipinski definition) is 5. The molecule has 2 aromatic carbocycles. The third kappa shape index (κ3) is 4.26. The van der Waals surface area contributed by atoms with E-state index in [4.69, 9.17) is 9.47 Å². The van der Waals surface area contributed by atoms with Crippen LogP contribution in [0.1, 0.15) is 28.8 Å². The first-order chi connectivity index (χ1) is 14.5. The van der Waals surface area contributed by atoms with E-state index >= 15 is 0 Å². The maximum atomic E-state index is 13.3. The van der Waals surface area contributed by atoms with E-state index in [1.54, 1.807) is 37.4 Å². The van der Waals surface area contributed by atoms with Crippen molar-refractivity contribution in [2.75, 3.05) is 31.6 Å². The van der Waals surface area contributed by atoms with Crippen LogP contribution < -0.4 is 9.64 Å². The van der Waals surface area contributed by atoms with Crippen molar-refractivity contribution in [3.63, 3.8) is 0 Å². The lowest BCUT2D eigenvalue weighted by atomic mass is 9.86. The van der Waals surface area contributed by atoms with Crippen LogP contribution in [0.4, 0.5) is 10.5 Å². The van der Waals surface area contributed by atoms with E-state index in [2.05, 4.69) is 4.90 Å². The third-order valence-electron chi connectivity index (χ3n) is 5.96. The minimum absolute atomic E-state index is 0.123.